The molecule has 2 heterocycles. The van der Waals surface area contributed by atoms with E-state index in [9.17, 15) is 4.79 Å². The summed E-state index contributed by atoms with van der Waals surface area (Å²) >= 11 is 3.20. The lowest BCUT2D eigenvalue weighted by Gasteiger charge is -2.23. The first-order valence-electron chi connectivity index (χ1n) is 5.87. The first-order valence-corrected chi connectivity index (χ1v) is 7.63. The van der Waals surface area contributed by atoms with Gasteiger partial charge in [-0.25, -0.2) is 9.29 Å². The molecule has 17 heavy (non-hydrogen) atoms. The Morgan fingerprint density at radius 3 is 3.06 bits per heavy atom. The molecule has 0 aliphatic carbocycles. The van der Waals surface area contributed by atoms with E-state index in [-0.39, 0.29) is 5.78 Å². The van der Waals surface area contributed by atoms with Gasteiger partial charge in [-0.15, -0.1) is 11.3 Å². The second-order valence-corrected chi connectivity index (χ2v) is 6.38. The average Bonchev–Trinajstić information content (AvgIpc) is 2.66. The zero-order valence-electron chi connectivity index (χ0n) is 9.94. The first kappa shape index (κ1) is 12.9. The number of hydrogen-bond acceptors (Lipinski definition) is 6. The Balaban J connectivity index is 1.90. The highest BCUT2D eigenvalue weighted by Gasteiger charge is 2.26. The maximum atomic E-state index is 11.8. The summed E-state index contributed by atoms with van der Waals surface area (Å²) in [6.45, 7) is 3.46. The minimum absolute atomic E-state index is 0.0993. The van der Waals surface area contributed by atoms with E-state index in [0.29, 0.717) is 17.4 Å². The van der Waals surface area contributed by atoms with Gasteiger partial charge in [0, 0.05) is 12.3 Å². The highest BCUT2D eigenvalue weighted by molar-refractivity contribution is 7.97. The molecule has 0 bridgehead atoms. The summed E-state index contributed by atoms with van der Waals surface area (Å²) in [7, 11) is 0. The van der Waals surface area contributed by atoms with E-state index >= 15 is 0 Å². The Morgan fingerprint density at radius 1 is 1.47 bits per heavy atom. The van der Waals surface area contributed by atoms with Gasteiger partial charge in [-0.3, -0.25) is 4.79 Å². The largest absolute Gasteiger partial charge is 0.375 e. The fourth-order valence-corrected chi connectivity index (χ4v) is 3.75. The summed E-state index contributed by atoms with van der Waals surface area (Å²) in [4.78, 5) is 16.9. The van der Waals surface area contributed by atoms with Crippen LogP contribution < -0.4 is 5.73 Å². The molecule has 94 valence electrons. The van der Waals surface area contributed by atoms with Gasteiger partial charge in [0.05, 0.1) is 11.4 Å². The monoisotopic (exact) mass is 271 g/mol. The Labute approximate surface area is 110 Å². The molecule has 0 atom stereocenters. The van der Waals surface area contributed by atoms with Gasteiger partial charge in [-0.05, 0) is 6.42 Å². The standard InChI is InChI=1S/C11H17N3OS2/c1-2-3-4-5-16-14-6-8(15)10-9(7-14)17-11(12)13-10/h2-7H2,1H3,(H2,12,13). The van der Waals surface area contributed by atoms with Gasteiger partial charge in [-0.2, -0.15) is 0 Å². The number of thiazole rings is 1. The number of nitrogens with zero attached hydrogens (tertiary/aromatic N) is 2. The van der Waals surface area contributed by atoms with E-state index in [1.54, 1.807) is 11.9 Å². The molecule has 0 aromatic carbocycles. The molecule has 0 unspecified atom stereocenters. The Bertz CT molecular complexity index is 405. The van der Waals surface area contributed by atoms with Crippen LogP contribution in [0.3, 0.4) is 0 Å². The number of hydrogen-bond donors (Lipinski definition) is 1. The molecule has 6 heteroatoms. The van der Waals surface area contributed by atoms with Crippen molar-refractivity contribution >= 4 is 34.2 Å². The normalized spacial score (nSPS) is 16.2. The van der Waals surface area contributed by atoms with Crippen LogP contribution in [0, 0.1) is 0 Å². The predicted octanol–water partition coefficient (Wildman–Crippen LogP) is 2.56. The SMILES string of the molecule is CCCCCSN1CC(=O)c2nc(N)sc2C1. The molecule has 1 aromatic rings. The van der Waals surface area contributed by atoms with Crippen LogP contribution in [0.15, 0.2) is 0 Å². The lowest BCUT2D eigenvalue weighted by atomic mass is 10.2. The average molecular weight is 271 g/mol. The van der Waals surface area contributed by atoms with Crippen molar-refractivity contribution in [3.8, 4) is 0 Å². The smallest absolute Gasteiger partial charge is 0.197 e. The highest BCUT2D eigenvalue weighted by atomic mass is 32.2. The zero-order valence-corrected chi connectivity index (χ0v) is 11.6. The number of ketones is 1. The Kier molecular flexibility index (Phi) is 4.42. The minimum Gasteiger partial charge on any atom is -0.375 e. The molecule has 4 nitrogen and oxygen atoms in total. The van der Waals surface area contributed by atoms with Crippen LogP contribution in [0.2, 0.25) is 0 Å². The quantitative estimate of drug-likeness (QED) is 0.659. The molecule has 2 rings (SSSR count). The molecule has 0 saturated heterocycles. The summed E-state index contributed by atoms with van der Waals surface area (Å²) in [6, 6.07) is 0. The van der Waals surface area contributed by atoms with E-state index in [1.807, 2.05) is 0 Å². The second kappa shape index (κ2) is 5.84. The first-order chi connectivity index (χ1) is 8.20. The van der Waals surface area contributed by atoms with E-state index < -0.39 is 0 Å². The van der Waals surface area contributed by atoms with Crippen LogP contribution in [0.5, 0.6) is 0 Å². The van der Waals surface area contributed by atoms with Crippen LogP contribution in [0.4, 0.5) is 5.13 Å². The second-order valence-electron chi connectivity index (χ2n) is 4.09. The summed E-state index contributed by atoms with van der Waals surface area (Å²) < 4.78 is 2.12. The highest BCUT2D eigenvalue weighted by Crippen LogP contribution is 2.29. The van der Waals surface area contributed by atoms with E-state index in [2.05, 4.69) is 16.2 Å². The molecule has 0 fully saturated rings. The minimum atomic E-state index is 0.0993. The van der Waals surface area contributed by atoms with Gasteiger partial charge in [-0.1, -0.05) is 31.7 Å². The molecule has 0 spiro atoms. The molecule has 0 radical (unpaired) electrons. The topological polar surface area (TPSA) is 59.2 Å². The third-order valence-electron chi connectivity index (χ3n) is 2.64. The number of fused-ring (bicyclic) bond motifs is 1. The van der Waals surface area contributed by atoms with Gasteiger partial charge in [0.25, 0.3) is 0 Å². The fourth-order valence-electron chi connectivity index (χ4n) is 1.78. The van der Waals surface area contributed by atoms with E-state index in [0.717, 1.165) is 17.2 Å². The predicted molar refractivity (Wildman–Crippen MR) is 73.2 cm³/mol. The van der Waals surface area contributed by atoms with Crippen molar-refractivity contribution in [3.05, 3.63) is 10.6 Å². The number of carbonyl (C=O) groups excluding carboxylic acids is 1. The maximum Gasteiger partial charge on any atom is 0.197 e. The van der Waals surface area contributed by atoms with Gasteiger partial charge in [0.1, 0.15) is 5.69 Å². The molecule has 0 amide bonds. The molecular weight excluding hydrogens is 254 g/mol. The van der Waals surface area contributed by atoms with Gasteiger partial charge < -0.3 is 5.73 Å². The van der Waals surface area contributed by atoms with E-state index in [1.165, 1.54) is 30.6 Å². The lowest BCUT2D eigenvalue weighted by Crippen LogP contribution is -2.29. The van der Waals surface area contributed by atoms with Crippen LogP contribution in [0.25, 0.3) is 0 Å². The van der Waals surface area contributed by atoms with Crippen LogP contribution in [-0.4, -0.2) is 27.4 Å². The molecular formula is C11H17N3OS2. The van der Waals surface area contributed by atoms with Gasteiger partial charge in [0.15, 0.2) is 10.9 Å². The van der Waals surface area contributed by atoms with Crippen molar-refractivity contribution in [1.29, 1.82) is 0 Å². The van der Waals surface area contributed by atoms with Crippen molar-refractivity contribution in [2.45, 2.75) is 32.7 Å². The van der Waals surface area contributed by atoms with Crippen LogP contribution >= 0.6 is 23.3 Å². The third kappa shape index (κ3) is 3.20. The Morgan fingerprint density at radius 2 is 2.29 bits per heavy atom. The summed E-state index contributed by atoms with van der Waals surface area (Å²) in [5.74, 6) is 1.19. The molecule has 1 aromatic heterocycles. The van der Waals surface area contributed by atoms with Gasteiger partial charge in [0.2, 0.25) is 0 Å². The zero-order chi connectivity index (χ0) is 12.3. The lowest BCUT2D eigenvalue weighted by molar-refractivity contribution is 0.0951. The fraction of sp³-hybridized carbons (Fsp3) is 0.636. The number of Topliss-reactive ketones (excluding diaryl/α,β-unsaturated/α-hetero) is 1. The van der Waals surface area contributed by atoms with Crippen molar-refractivity contribution in [1.82, 2.24) is 9.29 Å². The Hall–Kier alpha value is -0.590. The van der Waals surface area contributed by atoms with Crippen LogP contribution in [-0.2, 0) is 6.54 Å². The summed E-state index contributed by atoms with van der Waals surface area (Å²) in [5, 5.41) is 0.501. The molecule has 0 saturated carbocycles. The van der Waals surface area contributed by atoms with E-state index in [4.69, 9.17) is 5.73 Å². The van der Waals surface area contributed by atoms with Crippen molar-refractivity contribution in [2.24, 2.45) is 0 Å². The van der Waals surface area contributed by atoms with Crippen molar-refractivity contribution in [3.63, 3.8) is 0 Å². The summed E-state index contributed by atoms with van der Waals surface area (Å²) in [5.41, 5.74) is 6.23. The van der Waals surface area contributed by atoms with Crippen molar-refractivity contribution < 1.29 is 4.79 Å². The van der Waals surface area contributed by atoms with Gasteiger partial charge >= 0.3 is 0 Å². The third-order valence-corrected chi connectivity index (χ3v) is 4.60. The number of nitrogens with two attached hydrogens (primary N) is 1. The number of carbonyl (C=O) groups is 1. The number of rotatable bonds is 5. The molecule has 1 aliphatic heterocycles. The number of aromatic nitrogens is 1. The molecule has 2 N–H and O–H groups in total. The number of nitrogen functional groups attached to an aromatic ring is 1. The number of unbranched alkanes of at least 4 members (excludes halogenated alkanes) is 2. The molecule has 1 aliphatic rings. The maximum absolute atomic E-state index is 11.8. The summed E-state index contributed by atoms with van der Waals surface area (Å²) in [6.07, 6.45) is 3.70. The van der Waals surface area contributed by atoms with Crippen molar-refractivity contribution in [2.75, 3.05) is 18.0 Å². The number of anilines is 1. The van der Waals surface area contributed by atoms with Crippen LogP contribution in [0.1, 0.15) is 41.6 Å².